The molecule has 10 heteroatoms. The molecule has 1 radical (unpaired) electrons. The molecule has 9 nitrogen and oxygen atoms in total. The van der Waals surface area contributed by atoms with Gasteiger partial charge in [0.1, 0.15) is 17.3 Å². The Balaban J connectivity index is -0.000000108. The minimum absolute atomic E-state index is 0. The van der Waals surface area contributed by atoms with E-state index in [1.54, 1.807) is 0 Å². The number of carboxylic acids is 3. The van der Waals surface area contributed by atoms with Gasteiger partial charge < -0.3 is 29.7 Å². The van der Waals surface area contributed by atoms with Crippen molar-refractivity contribution in [1.82, 2.24) is 0 Å². The number of hydrogen-bond acceptors (Lipinski definition) is 9. The summed E-state index contributed by atoms with van der Waals surface area (Å²) in [5, 5.41) is 28.4. The summed E-state index contributed by atoms with van der Waals surface area (Å²) in [5.41, 5.74) is 0. The van der Waals surface area contributed by atoms with E-state index in [-0.39, 0.29) is 57.3 Å². The molecule has 0 amide bonds. The van der Waals surface area contributed by atoms with E-state index in [1.807, 2.05) is 0 Å². The quantitative estimate of drug-likeness (QED) is 0.360. The molecule has 0 aliphatic rings. The summed E-state index contributed by atoms with van der Waals surface area (Å²) in [5.74, 6) is -5.06. The van der Waals surface area contributed by atoms with Crippen LogP contribution in [-0.2, 0) is 28.8 Å². The van der Waals surface area contributed by atoms with Gasteiger partial charge in [-0.3, -0.25) is 14.4 Å². The molecule has 0 fully saturated rings. The van der Waals surface area contributed by atoms with Gasteiger partial charge in [0, 0.05) is 37.2 Å². The summed E-state index contributed by atoms with van der Waals surface area (Å²) < 4.78 is 0. The van der Waals surface area contributed by atoms with Crippen molar-refractivity contribution in [2.45, 2.75) is 40.0 Å². The Kier molecular flexibility index (Phi) is 23.3. The van der Waals surface area contributed by atoms with E-state index in [0.717, 1.165) is 0 Å². The number of Topliss-reactive ketones (excluding diaryl/α,β-unsaturated/α-hetero) is 3. The summed E-state index contributed by atoms with van der Waals surface area (Å²) in [7, 11) is 0. The standard InChI is InChI=1S/3C4H6O3.Gd/c3*1-3(5)2-4(6)7;/h3*2H2,1H3,(H,6,7);/q;;;+3/p-3. The number of carbonyl (C=O) groups is 6. The molecule has 0 rings (SSSR count). The molecular weight excluding hydrogens is 445 g/mol. The number of carboxylic acid groups (broad SMARTS) is 3. The molecule has 0 aliphatic carbocycles. The van der Waals surface area contributed by atoms with Crippen LogP contribution in [-0.4, -0.2) is 35.3 Å². The van der Waals surface area contributed by atoms with Crippen LogP contribution in [0.3, 0.4) is 0 Å². The molecule has 0 atom stereocenters. The smallest absolute Gasteiger partial charge is 0.550 e. The Morgan fingerprint density at radius 2 is 0.682 bits per heavy atom. The fourth-order valence-electron chi connectivity index (χ4n) is 0.610. The molecule has 0 N–H and O–H groups in total. The molecule has 125 valence electrons. The number of hydrogen-bond donors (Lipinski definition) is 0. The van der Waals surface area contributed by atoms with Crippen molar-refractivity contribution in [2.75, 3.05) is 0 Å². The normalized spacial score (nSPS) is 7.77. The van der Waals surface area contributed by atoms with Crippen molar-refractivity contribution < 1.29 is 84.0 Å². The molecule has 0 aromatic heterocycles. The second kappa shape index (κ2) is 17.8. The average molecular weight is 460 g/mol. The van der Waals surface area contributed by atoms with E-state index < -0.39 is 37.2 Å². The largest absolute Gasteiger partial charge is 3.00 e. The van der Waals surface area contributed by atoms with Gasteiger partial charge in [-0.2, -0.15) is 0 Å². The van der Waals surface area contributed by atoms with E-state index in [4.69, 9.17) is 0 Å². The summed E-state index contributed by atoms with van der Waals surface area (Å²) in [4.78, 5) is 57.9. The molecule has 0 unspecified atom stereocenters. The molecule has 0 saturated heterocycles. The van der Waals surface area contributed by atoms with Crippen LogP contribution in [0.1, 0.15) is 40.0 Å². The maximum Gasteiger partial charge on any atom is 3.00 e. The van der Waals surface area contributed by atoms with E-state index in [9.17, 15) is 44.1 Å². The van der Waals surface area contributed by atoms with Crippen LogP contribution < -0.4 is 15.3 Å². The van der Waals surface area contributed by atoms with Crippen LogP contribution in [0, 0.1) is 39.9 Å². The van der Waals surface area contributed by atoms with Gasteiger partial charge in [-0.25, -0.2) is 0 Å². The van der Waals surface area contributed by atoms with Crippen LogP contribution in [0.4, 0.5) is 0 Å². The Bertz CT molecular complexity index is 317. The Morgan fingerprint density at radius 3 is 0.682 bits per heavy atom. The zero-order valence-corrected chi connectivity index (χ0v) is 14.4. The van der Waals surface area contributed by atoms with Crippen LogP contribution >= 0.6 is 0 Å². The molecule has 0 heterocycles. The Labute approximate surface area is 158 Å². The zero-order valence-electron chi connectivity index (χ0n) is 12.1. The maximum atomic E-state index is 9.83. The van der Waals surface area contributed by atoms with Gasteiger partial charge in [-0.05, 0) is 20.8 Å². The summed E-state index contributed by atoms with van der Waals surface area (Å²) >= 11 is 0. The van der Waals surface area contributed by atoms with Crippen molar-refractivity contribution in [2.24, 2.45) is 0 Å². The van der Waals surface area contributed by atoms with E-state index in [1.165, 1.54) is 20.8 Å². The Hall–Kier alpha value is -1.26. The number of carbonyl (C=O) groups excluding carboxylic acids is 6. The molecule has 0 aromatic carbocycles. The monoisotopic (exact) mass is 461 g/mol. The Morgan fingerprint density at radius 1 is 0.545 bits per heavy atom. The number of rotatable bonds is 6. The maximum absolute atomic E-state index is 9.83. The van der Waals surface area contributed by atoms with E-state index >= 15 is 0 Å². The predicted octanol–water partition coefficient (Wildman–Crippen LogP) is -3.85. The molecule has 0 aliphatic heterocycles. The first kappa shape index (κ1) is 28.8. The van der Waals surface area contributed by atoms with Crippen molar-refractivity contribution >= 4 is 35.3 Å². The summed E-state index contributed by atoms with van der Waals surface area (Å²) in [6.07, 6.45) is -1.42. The summed E-state index contributed by atoms with van der Waals surface area (Å²) in [6.45, 7) is 3.61. The van der Waals surface area contributed by atoms with Gasteiger partial charge in [0.2, 0.25) is 0 Å². The van der Waals surface area contributed by atoms with Gasteiger partial charge in [-0.1, -0.05) is 0 Å². The first-order valence-corrected chi connectivity index (χ1v) is 5.46. The second-order valence-corrected chi connectivity index (χ2v) is 3.75. The second-order valence-electron chi connectivity index (χ2n) is 3.75. The minimum Gasteiger partial charge on any atom is -0.550 e. The molecule has 0 bridgehead atoms. The third kappa shape index (κ3) is 51.1. The van der Waals surface area contributed by atoms with Crippen molar-refractivity contribution in [3.8, 4) is 0 Å². The van der Waals surface area contributed by atoms with Crippen LogP contribution in [0.25, 0.3) is 0 Å². The fraction of sp³-hybridized carbons (Fsp3) is 0.500. The molecule has 0 saturated carbocycles. The van der Waals surface area contributed by atoms with Gasteiger partial charge in [-0.15, -0.1) is 0 Å². The van der Waals surface area contributed by atoms with Crippen molar-refractivity contribution in [3.05, 3.63) is 0 Å². The first-order valence-electron chi connectivity index (χ1n) is 5.46. The van der Waals surface area contributed by atoms with Crippen molar-refractivity contribution in [3.63, 3.8) is 0 Å². The fourth-order valence-corrected chi connectivity index (χ4v) is 0.610. The van der Waals surface area contributed by atoms with Gasteiger partial charge >= 0.3 is 39.9 Å². The third-order valence-corrected chi connectivity index (χ3v) is 1.18. The van der Waals surface area contributed by atoms with Crippen LogP contribution in [0.15, 0.2) is 0 Å². The van der Waals surface area contributed by atoms with Crippen LogP contribution in [0.5, 0.6) is 0 Å². The van der Waals surface area contributed by atoms with Gasteiger partial charge in [0.25, 0.3) is 0 Å². The van der Waals surface area contributed by atoms with E-state index in [0.29, 0.717) is 0 Å². The van der Waals surface area contributed by atoms with Gasteiger partial charge in [0.05, 0.1) is 0 Å². The first-order chi connectivity index (χ1) is 9.38. The van der Waals surface area contributed by atoms with Gasteiger partial charge in [0.15, 0.2) is 0 Å². The zero-order chi connectivity index (χ0) is 17.6. The van der Waals surface area contributed by atoms with Crippen molar-refractivity contribution in [1.29, 1.82) is 0 Å². The number of aliphatic carboxylic acids is 3. The average Bonchev–Trinajstić information content (AvgIpc) is 2.10. The SMILES string of the molecule is CC(=O)CC(=O)[O-].CC(=O)CC(=O)[O-].CC(=O)CC(=O)[O-].[Gd+3]. The number of ketones is 3. The third-order valence-electron chi connectivity index (χ3n) is 1.18. The topological polar surface area (TPSA) is 172 Å². The van der Waals surface area contributed by atoms with E-state index in [2.05, 4.69) is 0 Å². The molecule has 0 spiro atoms. The minimum atomic E-state index is -1.31. The summed E-state index contributed by atoms with van der Waals surface area (Å²) in [6, 6.07) is 0. The molecule has 22 heavy (non-hydrogen) atoms. The predicted molar refractivity (Wildman–Crippen MR) is 60.9 cm³/mol. The molecular formula is C12H15GdO9. The van der Waals surface area contributed by atoms with Crippen LogP contribution in [0.2, 0.25) is 0 Å². The molecule has 0 aromatic rings.